The van der Waals surface area contributed by atoms with Crippen molar-refractivity contribution >= 4 is 42.2 Å². The molecule has 16 heavy (non-hydrogen) atoms. The zero-order valence-electron chi connectivity index (χ0n) is 7.68. The minimum Gasteiger partial charge on any atom is -0.464 e. The number of aromatic amines is 1. The number of nitro groups is 1. The summed E-state index contributed by atoms with van der Waals surface area (Å²) in [4.78, 5) is 20.3. The summed E-state index contributed by atoms with van der Waals surface area (Å²) in [6, 6.07) is 0. The molecule has 0 aliphatic rings. The summed E-state index contributed by atoms with van der Waals surface area (Å²) >= 11 is 0. The molecule has 0 saturated heterocycles. The molecule has 0 amide bonds. The van der Waals surface area contributed by atoms with E-state index in [2.05, 4.69) is 36.3 Å². The van der Waals surface area contributed by atoms with Crippen LogP contribution in [0.3, 0.4) is 0 Å². The van der Waals surface area contributed by atoms with Crippen LogP contribution < -0.4 is 0 Å². The van der Waals surface area contributed by atoms with Crippen molar-refractivity contribution in [2.75, 3.05) is 7.11 Å². The van der Waals surface area contributed by atoms with Crippen molar-refractivity contribution in [3.63, 3.8) is 0 Å². The second-order valence-corrected chi connectivity index (χ2v) is 4.59. The lowest BCUT2D eigenvalue weighted by Gasteiger charge is -1.92. The lowest BCUT2D eigenvalue weighted by molar-refractivity contribution is -0.385. The summed E-state index contributed by atoms with van der Waals surface area (Å²) in [6.45, 7) is 0. The fraction of sp³-hybridized carbons (Fsp3) is 0.200. The largest absolute Gasteiger partial charge is 0.464 e. The Labute approximate surface area is 100 Å². The Bertz CT molecular complexity index is 405. The minimum absolute atomic E-state index is 0.248. The first-order valence-corrected chi connectivity index (χ1v) is 6.20. The number of rotatable bonds is 2. The van der Waals surface area contributed by atoms with Crippen molar-refractivity contribution in [3.8, 4) is 0 Å². The number of esters is 1. The summed E-state index contributed by atoms with van der Waals surface area (Å²) in [5.74, 6) is -0.806. The predicted octanol–water partition coefficient (Wildman–Crippen LogP) is 1.15. The van der Waals surface area contributed by atoms with E-state index in [1.807, 2.05) is 0 Å². The summed E-state index contributed by atoms with van der Waals surface area (Å²) in [5.41, 5.74) is -0.635. The van der Waals surface area contributed by atoms with Gasteiger partial charge in [-0.1, -0.05) is 0 Å². The quantitative estimate of drug-likeness (QED) is 0.378. The van der Waals surface area contributed by atoms with E-state index in [0.29, 0.717) is 0 Å². The molecule has 0 atom stereocenters. The van der Waals surface area contributed by atoms with E-state index in [1.54, 1.807) is 0 Å². The fourth-order valence-corrected chi connectivity index (χ4v) is 0.670. The zero-order valence-corrected chi connectivity index (χ0v) is 10.0. The molecule has 0 bridgehead atoms. The van der Waals surface area contributed by atoms with Crippen LogP contribution in [-0.4, -0.2) is 32.4 Å². The Hall–Kier alpha value is -1.19. The maximum absolute atomic E-state index is 10.8. The molecule has 90 valence electrons. The monoisotopic (exact) mass is 289 g/mol. The Kier molecular flexibility index (Phi) is 6.61. The number of carbonyl (C=O) groups is 1. The molecule has 1 aromatic heterocycles. The standard InChI is InChI=1S/C5H5N3O4.Cl2OS/c1-12-5(9)4-3(8(10)11)2-6-7-4;1-4(2)3/h2H,1H3,(H,6,7);. The normalized spacial score (nSPS) is 9.25. The molecule has 0 aliphatic heterocycles. The molecule has 1 aromatic rings. The van der Waals surface area contributed by atoms with Gasteiger partial charge in [0.15, 0.2) is 0 Å². The third-order valence-corrected chi connectivity index (χ3v) is 1.21. The molecule has 8 nitrogen and oxygen atoms in total. The molecule has 11 heteroatoms. The number of aromatic nitrogens is 2. The average Bonchev–Trinajstić information content (AvgIpc) is 2.64. The Morgan fingerprint density at radius 1 is 1.69 bits per heavy atom. The topological polar surface area (TPSA) is 115 Å². The first kappa shape index (κ1) is 14.8. The molecule has 0 saturated carbocycles. The van der Waals surface area contributed by atoms with Gasteiger partial charge < -0.3 is 4.74 Å². The predicted molar refractivity (Wildman–Crippen MR) is 56.4 cm³/mol. The van der Waals surface area contributed by atoms with Crippen molar-refractivity contribution in [1.29, 1.82) is 0 Å². The van der Waals surface area contributed by atoms with Gasteiger partial charge in [-0.15, -0.1) is 0 Å². The molecule has 0 fully saturated rings. The number of nitrogens with one attached hydrogen (secondary N) is 1. The van der Waals surface area contributed by atoms with E-state index in [0.717, 1.165) is 13.3 Å². The van der Waals surface area contributed by atoms with Gasteiger partial charge in [-0.25, -0.2) is 9.00 Å². The van der Waals surface area contributed by atoms with Gasteiger partial charge in [0, 0.05) is 21.4 Å². The number of H-pyrrole nitrogens is 1. The Morgan fingerprint density at radius 2 is 2.19 bits per heavy atom. The van der Waals surface area contributed by atoms with Crippen LogP contribution >= 0.6 is 21.4 Å². The highest BCUT2D eigenvalue weighted by Crippen LogP contribution is 2.14. The Balaban J connectivity index is 0.000000487. The van der Waals surface area contributed by atoms with E-state index in [-0.39, 0.29) is 11.4 Å². The van der Waals surface area contributed by atoms with Crippen LogP contribution in [0.25, 0.3) is 0 Å². The summed E-state index contributed by atoms with van der Waals surface area (Å²) in [6.07, 6.45) is 0.951. The van der Waals surface area contributed by atoms with Gasteiger partial charge >= 0.3 is 11.7 Å². The van der Waals surface area contributed by atoms with Crippen molar-refractivity contribution < 1.29 is 18.7 Å². The van der Waals surface area contributed by atoms with Crippen LogP contribution in [0.1, 0.15) is 10.5 Å². The van der Waals surface area contributed by atoms with Crippen LogP contribution in [-0.2, 0) is 14.0 Å². The van der Waals surface area contributed by atoms with Gasteiger partial charge in [-0.2, -0.15) is 5.10 Å². The minimum atomic E-state index is -1.67. The third kappa shape index (κ3) is 5.05. The maximum Gasteiger partial charge on any atom is 0.363 e. The molecule has 0 unspecified atom stereocenters. The maximum atomic E-state index is 10.8. The first-order valence-electron chi connectivity index (χ1n) is 3.40. The molecule has 1 N–H and O–H groups in total. The van der Waals surface area contributed by atoms with Crippen molar-refractivity contribution in [2.45, 2.75) is 0 Å². The molecule has 0 spiro atoms. The first-order chi connectivity index (χ1) is 7.40. The van der Waals surface area contributed by atoms with Gasteiger partial charge in [-0.3, -0.25) is 15.2 Å². The van der Waals surface area contributed by atoms with Crippen molar-refractivity contribution in [1.82, 2.24) is 10.2 Å². The van der Waals surface area contributed by atoms with Gasteiger partial charge in [0.2, 0.25) is 14.9 Å². The van der Waals surface area contributed by atoms with Crippen LogP contribution in [0.4, 0.5) is 5.69 Å². The lowest BCUT2D eigenvalue weighted by Crippen LogP contribution is -2.04. The fourth-order valence-electron chi connectivity index (χ4n) is 0.670. The van der Waals surface area contributed by atoms with Crippen LogP contribution in [0.5, 0.6) is 0 Å². The molecule has 1 heterocycles. The highest BCUT2D eigenvalue weighted by atomic mass is 36.0. The van der Waals surface area contributed by atoms with Crippen LogP contribution in [0.2, 0.25) is 0 Å². The second-order valence-electron chi connectivity index (χ2n) is 2.06. The number of ether oxygens (including phenoxy) is 1. The van der Waals surface area contributed by atoms with Crippen LogP contribution in [0, 0.1) is 10.1 Å². The number of hydrogen-bond acceptors (Lipinski definition) is 6. The van der Waals surface area contributed by atoms with E-state index >= 15 is 0 Å². The number of nitrogens with zero attached hydrogens (tertiary/aromatic N) is 2. The van der Waals surface area contributed by atoms with Crippen LogP contribution in [0.15, 0.2) is 6.20 Å². The molecule has 1 rings (SSSR count). The van der Waals surface area contributed by atoms with Crippen molar-refractivity contribution in [3.05, 3.63) is 22.0 Å². The number of halogens is 2. The molecular weight excluding hydrogens is 285 g/mol. The Morgan fingerprint density at radius 3 is 2.56 bits per heavy atom. The number of methoxy groups -OCH3 is 1. The summed E-state index contributed by atoms with van der Waals surface area (Å²) in [7, 11) is 8.49. The van der Waals surface area contributed by atoms with Gasteiger partial charge in [0.1, 0.15) is 6.20 Å². The van der Waals surface area contributed by atoms with E-state index in [9.17, 15) is 14.9 Å². The molecule has 0 aliphatic carbocycles. The third-order valence-electron chi connectivity index (χ3n) is 1.21. The van der Waals surface area contributed by atoms with E-state index in [1.165, 1.54) is 0 Å². The van der Waals surface area contributed by atoms with E-state index in [4.69, 9.17) is 4.21 Å². The molecule has 0 radical (unpaired) electrons. The van der Waals surface area contributed by atoms with Gasteiger partial charge in [0.25, 0.3) is 0 Å². The highest BCUT2D eigenvalue weighted by Gasteiger charge is 2.22. The highest BCUT2D eigenvalue weighted by molar-refractivity contribution is 8.26. The van der Waals surface area contributed by atoms with Gasteiger partial charge in [-0.05, 0) is 0 Å². The van der Waals surface area contributed by atoms with E-state index < -0.39 is 20.1 Å². The summed E-state index contributed by atoms with van der Waals surface area (Å²) in [5, 5.41) is 15.8. The molecular formula is C5H5Cl2N3O5S. The smallest absolute Gasteiger partial charge is 0.363 e. The summed E-state index contributed by atoms with van der Waals surface area (Å²) < 4.78 is 13.4. The number of carbonyl (C=O) groups excluding carboxylic acids is 1. The zero-order chi connectivity index (χ0) is 12.7. The SMILES string of the molecule is COC(=O)c1[nH]ncc1[N+](=O)[O-].O=S(Cl)Cl. The van der Waals surface area contributed by atoms with Gasteiger partial charge in [0.05, 0.1) is 12.0 Å². The molecule has 0 aromatic carbocycles. The average molecular weight is 290 g/mol. The number of hydrogen-bond donors (Lipinski definition) is 1. The second kappa shape index (κ2) is 7.14. The lowest BCUT2D eigenvalue weighted by atomic mass is 10.4. The van der Waals surface area contributed by atoms with Crippen molar-refractivity contribution in [2.24, 2.45) is 0 Å².